The molecule has 2 aliphatic heterocycles. The number of furan rings is 1. The van der Waals surface area contributed by atoms with E-state index in [0.29, 0.717) is 25.7 Å². The highest BCUT2D eigenvalue weighted by molar-refractivity contribution is 5.81. The Balaban J connectivity index is 1.49. The Labute approximate surface area is 155 Å². The van der Waals surface area contributed by atoms with Crippen LogP contribution < -0.4 is 5.32 Å². The molecule has 0 saturated carbocycles. The number of hydrogen-bond acceptors (Lipinski definition) is 4. The molecule has 0 radical (unpaired) electrons. The van der Waals surface area contributed by atoms with Gasteiger partial charge in [0.05, 0.1) is 13.2 Å². The van der Waals surface area contributed by atoms with Crippen molar-refractivity contribution in [2.75, 3.05) is 46.4 Å². The van der Waals surface area contributed by atoms with Gasteiger partial charge in [0.15, 0.2) is 5.96 Å². The van der Waals surface area contributed by atoms with Crippen LogP contribution in [0.2, 0.25) is 0 Å². The summed E-state index contributed by atoms with van der Waals surface area (Å²) in [6.45, 7) is 9.12. The first-order valence-corrected chi connectivity index (χ1v) is 9.46. The average Bonchev–Trinajstić information content (AvgIpc) is 3.00. The summed E-state index contributed by atoms with van der Waals surface area (Å²) in [6, 6.07) is 2.06. The predicted molar refractivity (Wildman–Crippen MR) is 100 cm³/mol. The molecule has 2 fully saturated rings. The van der Waals surface area contributed by atoms with E-state index in [9.17, 15) is 4.79 Å². The highest BCUT2D eigenvalue weighted by atomic mass is 16.5. The molecule has 144 valence electrons. The standard InChI is InChI=1S/C19H30N4O3/c1-14-12-17(15(2)26-14)13-21-19(20-3)23-6-4-16(5-7-23)18(24)22-8-10-25-11-9-22/h12,16H,4-11,13H2,1-3H3,(H,20,21). The second-order valence-electron chi connectivity index (χ2n) is 7.04. The number of carbonyl (C=O) groups excluding carboxylic acids is 1. The SMILES string of the molecule is CN=C(NCc1cc(C)oc1C)N1CCC(C(=O)N2CCOCC2)CC1. The van der Waals surface area contributed by atoms with Gasteiger partial charge in [0.1, 0.15) is 11.5 Å². The summed E-state index contributed by atoms with van der Waals surface area (Å²) < 4.78 is 10.9. The van der Waals surface area contributed by atoms with Crippen LogP contribution in [0.3, 0.4) is 0 Å². The molecule has 0 atom stereocenters. The van der Waals surface area contributed by atoms with E-state index in [2.05, 4.69) is 21.3 Å². The van der Waals surface area contributed by atoms with E-state index >= 15 is 0 Å². The van der Waals surface area contributed by atoms with Crippen LogP contribution in [0.15, 0.2) is 15.5 Å². The van der Waals surface area contributed by atoms with Crippen molar-refractivity contribution >= 4 is 11.9 Å². The molecule has 1 N–H and O–H groups in total. The third kappa shape index (κ3) is 4.38. The molecule has 1 amide bonds. The van der Waals surface area contributed by atoms with Gasteiger partial charge in [-0.25, -0.2) is 0 Å². The monoisotopic (exact) mass is 362 g/mol. The Morgan fingerprint density at radius 3 is 2.46 bits per heavy atom. The van der Waals surface area contributed by atoms with Crippen molar-refractivity contribution in [2.45, 2.75) is 33.2 Å². The van der Waals surface area contributed by atoms with Crippen LogP contribution in [0.5, 0.6) is 0 Å². The third-order valence-corrected chi connectivity index (χ3v) is 5.26. The fourth-order valence-electron chi connectivity index (χ4n) is 3.75. The van der Waals surface area contributed by atoms with Crippen molar-refractivity contribution in [2.24, 2.45) is 10.9 Å². The molecule has 7 heteroatoms. The number of aryl methyl sites for hydroxylation is 2. The van der Waals surface area contributed by atoms with Gasteiger partial charge >= 0.3 is 0 Å². The summed E-state index contributed by atoms with van der Waals surface area (Å²) in [5, 5.41) is 3.42. The van der Waals surface area contributed by atoms with Crippen molar-refractivity contribution in [3.05, 3.63) is 23.2 Å². The van der Waals surface area contributed by atoms with E-state index in [1.165, 1.54) is 0 Å². The molecule has 0 bridgehead atoms. The third-order valence-electron chi connectivity index (χ3n) is 5.26. The zero-order valence-electron chi connectivity index (χ0n) is 16.1. The lowest BCUT2D eigenvalue weighted by molar-refractivity contribution is -0.140. The van der Waals surface area contributed by atoms with Gasteiger partial charge in [0.2, 0.25) is 5.91 Å². The first kappa shape index (κ1) is 18.8. The maximum Gasteiger partial charge on any atom is 0.225 e. The zero-order valence-corrected chi connectivity index (χ0v) is 16.1. The molecule has 7 nitrogen and oxygen atoms in total. The molecular formula is C19H30N4O3. The van der Waals surface area contributed by atoms with Crippen LogP contribution in [-0.2, 0) is 16.1 Å². The largest absolute Gasteiger partial charge is 0.466 e. The molecule has 0 aliphatic carbocycles. The van der Waals surface area contributed by atoms with Gasteiger partial charge in [-0.3, -0.25) is 9.79 Å². The summed E-state index contributed by atoms with van der Waals surface area (Å²) in [4.78, 5) is 21.3. The quantitative estimate of drug-likeness (QED) is 0.652. The lowest BCUT2D eigenvalue weighted by Crippen LogP contribution is -2.49. The number of amides is 1. The first-order chi connectivity index (χ1) is 12.6. The predicted octanol–water partition coefficient (Wildman–Crippen LogP) is 1.54. The minimum absolute atomic E-state index is 0.126. The molecule has 3 rings (SSSR count). The van der Waals surface area contributed by atoms with Gasteiger partial charge in [0.25, 0.3) is 0 Å². The minimum Gasteiger partial charge on any atom is -0.466 e. The van der Waals surface area contributed by atoms with Gasteiger partial charge in [-0.1, -0.05) is 0 Å². The second kappa shape index (κ2) is 8.58. The van der Waals surface area contributed by atoms with Crippen molar-refractivity contribution in [3.8, 4) is 0 Å². The summed E-state index contributed by atoms with van der Waals surface area (Å²) in [7, 11) is 1.81. The molecule has 3 heterocycles. The van der Waals surface area contributed by atoms with E-state index in [1.807, 2.05) is 18.7 Å². The van der Waals surface area contributed by atoms with Crippen molar-refractivity contribution in [3.63, 3.8) is 0 Å². The molecule has 0 unspecified atom stereocenters. The van der Waals surface area contributed by atoms with Crippen LogP contribution >= 0.6 is 0 Å². The van der Waals surface area contributed by atoms with Crippen LogP contribution in [0.1, 0.15) is 29.9 Å². The summed E-state index contributed by atoms with van der Waals surface area (Å²) in [5.41, 5.74) is 1.15. The van der Waals surface area contributed by atoms with Crippen molar-refractivity contribution in [1.82, 2.24) is 15.1 Å². The number of nitrogens with zero attached hydrogens (tertiary/aromatic N) is 3. The normalized spacial score (nSPS) is 19.7. The van der Waals surface area contributed by atoms with E-state index in [0.717, 1.165) is 62.1 Å². The number of carbonyl (C=O) groups is 1. The topological polar surface area (TPSA) is 70.3 Å². The maximum absolute atomic E-state index is 12.6. The summed E-state index contributed by atoms with van der Waals surface area (Å²) in [5.74, 6) is 3.18. The Kier molecular flexibility index (Phi) is 6.19. The number of guanidine groups is 1. The van der Waals surface area contributed by atoms with Crippen LogP contribution in [-0.4, -0.2) is 68.1 Å². The number of nitrogens with one attached hydrogen (secondary N) is 1. The number of ether oxygens (including phenoxy) is 1. The fraction of sp³-hybridized carbons (Fsp3) is 0.684. The Morgan fingerprint density at radius 2 is 1.88 bits per heavy atom. The van der Waals surface area contributed by atoms with E-state index < -0.39 is 0 Å². The van der Waals surface area contributed by atoms with Gasteiger partial charge in [-0.2, -0.15) is 0 Å². The fourth-order valence-corrected chi connectivity index (χ4v) is 3.75. The van der Waals surface area contributed by atoms with Gasteiger partial charge < -0.3 is 24.3 Å². The molecule has 0 aromatic carbocycles. The summed E-state index contributed by atoms with van der Waals surface area (Å²) in [6.07, 6.45) is 1.75. The second-order valence-corrected chi connectivity index (χ2v) is 7.04. The number of piperidine rings is 1. The number of rotatable bonds is 3. The number of hydrogen-bond donors (Lipinski definition) is 1. The number of likely N-dealkylation sites (tertiary alicyclic amines) is 1. The molecule has 1 aromatic rings. The van der Waals surface area contributed by atoms with Crippen LogP contribution in [0.4, 0.5) is 0 Å². The molecular weight excluding hydrogens is 332 g/mol. The average molecular weight is 362 g/mol. The molecule has 26 heavy (non-hydrogen) atoms. The summed E-state index contributed by atoms with van der Waals surface area (Å²) >= 11 is 0. The minimum atomic E-state index is 0.126. The van der Waals surface area contributed by atoms with Crippen molar-refractivity contribution in [1.29, 1.82) is 0 Å². The Morgan fingerprint density at radius 1 is 1.19 bits per heavy atom. The molecule has 2 saturated heterocycles. The van der Waals surface area contributed by atoms with E-state index in [4.69, 9.17) is 9.15 Å². The molecule has 0 spiro atoms. The van der Waals surface area contributed by atoms with E-state index in [-0.39, 0.29) is 5.92 Å². The number of morpholine rings is 1. The smallest absolute Gasteiger partial charge is 0.225 e. The molecule has 1 aromatic heterocycles. The first-order valence-electron chi connectivity index (χ1n) is 9.46. The van der Waals surface area contributed by atoms with Crippen LogP contribution in [0, 0.1) is 19.8 Å². The highest BCUT2D eigenvalue weighted by Crippen LogP contribution is 2.21. The number of aliphatic imine (C=N–C) groups is 1. The van der Waals surface area contributed by atoms with Gasteiger partial charge in [-0.05, 0) is 32.8 Å². The highest BCUT2D eigenvalue weighted by Gasteiger charge is 2.30. The lowest BCUT2D eigenvalue weighted by atomic mass is 9.95. The lowest BCUT2D eigenvalue weighted by Gasteiger charge is -2.36. The Bertz CT molecular complexity index is 641. The van der Waals surface area contributed by atoms with Crippen LogP contribution in [0.25, 0.3) is 0 Å². The van der Waals surface area contributed by atoms with Gasteiger partial charge in [-0.15, -0.1) is 0 Å². The Hall–Kier alpha value is -2.02. The van der Waals surface area contributed by atoms with Crippen molar-refractivity contribution < 1.29 is 13.9 Å². The van der Waals surface area contributed by atoms with E-state index in [1.54, 1.807) is 7.05 Å². The molecule has 2 aliphatic rings. The zero-order chi connectivity index (χ0) is 18.5. The maximum atomic E-state index is 12.6. The van der Waals surface area contributed by atoms with Gasteiger partial charge in [0, 0.05) is 51.3 Å².